The van der Waals surface area contributed by atoms with E-state index in [1.54, 1.807) is 0 Å². The standard InChI is InChI=1S/C34H24N2/c1-3-12-26(13-4-1)35(27-14-5-2-6-15-27)28-20-22-29(23-21-28)36-32-18-10-9-17-31(32)34-30-16-8-7-11-25(30)19-24-33(34)36/h1-24H. The van der Waals surface area contributed by atoms with Crippen LogP contribution in [0.2, 0.25) is 0 Å². The molecular weight excluding hydrogens is 436 g/mol. The summed E-state index contributed by atoms with van der Waals surface area (Å²) in [6.07, 6.45) is 0. The van der Waals surface area contributed by atoms with Crippen molar-refractivity contribution in [2.45, 2.75) is 0 Å². The molecule has 36 heavy (non-hydrogen) atoms. The van der Waals surface area contributed by atoms with Gasteiger partial charge in [0.25, 0.3) is 0 Å². The van der Waals surface area contributed by atoms with E-state index in [-0.39, 0.29) is 0 Å². The van der Waals surface area contributed by atoms with Gasteiger partial charge >= 0.3 is 0 Å². The van der Waals surface area contributed by atoms with Crippen LogP contribution in [-0.2, 0) is 0 Å². The number of benzene rings is 6. The molecule has 0 saturated carbocycles. The minimum absolute atomic E-state index is 1.13. The van der Waals surface area contributed by atoms with Crippen molar-refractivity contribution in [2.75, 3.05) is 4.90 Å². The fourth-order valence-corrected chi connectivity index (χ4v) is 5.37. The van der Waals surface area contributed by atoms with Gasteiger partial charge in [0.15, 0.2) is 0 Å². The highest BCUT2D eigenvalue weighted by atomic mass is 15.1. The molecular formula is C34H24N2. The number of anilines is 3. The van der Waals surface area contributed by atoms with E-state index in [0.717, 1.165) is 22.7 Å². The summed E-state index contributed by atoms with van der Waals surface area (Å²) in [5.41, 5.74) is 7.01. The van der Waals surface area contributed by atoms with Crippen molar-refractivity contribution in [2.24, 2.45) is 0 Å². The molecule has 0 radical (unpaired) electrons. The maximum absolute atomic E-state index is 2.39. The van der Waals surface area contributed by atoms with Crippen LogP contribution in [-0.4, -0.2) is 4.57 Å². The molecule has 1 aromatic heterocycles. The zero-order chi connectivity index (χ0) is 23.9. The van der Waals surface area contributed by atoms with E-state index >= 15 is 0 Å². The lowest BCUT2D eigenvalue weighted by Gasteiger charge is -2.25. The molecule has 0 fully saturated rings. The predicted octanol–water partition coefficient (Wildman–Crippen LogP) is 9.41. The Morgan fingerprint density at radius 2 is 0.944 bits per heavy atom. The van der Waals surface area contributed by atoms with Gasteiger partial charge in [0.1, 0.15) is 0 Å². The van der Waals surface area contributed by atoms with Gasteiger partial charge in [0, 0.05) is 33.5 Å². The first kappa shape index (κ1) is 20.5. The van der Waals surface area contributed by atoms with Gasteiger partial charge in [-0.2, -0.15) is 0 Å². The van der Waals surface area contributed by atoms with Gasteiger partial charge in [-0.3, -0.25) is 0 Å². The van der Waals surface area contributed by atoms with E-state index < -0.39 is 0 Å². The van der Waals surface area contributed by atoms with Crippen molar-refractivity contribution >= 4 is 49.6 Å². The smallest absolute Gasteiger partial charge is 0.0547 e. The summed E-state index contributed by atoms with van der Waals surface area (Å²) in [6, 6.07) is 51.8. The summed E-state index contributed by atoms with van der Waals surface area (Å²) in [7, 11) is 0. The van der Waals surface area contributed by atoms with Crippen LogP contribution in [0.5, 0.6) is 0 Å². The van der Waals surface area contributed by atoms with Gasteiger partial charge in [-0.15, -0.1) is 0 Å². The van der Waals surface area contributed by atoms with Crippen LogP contribution in [0.15, 0.2) is 146 Å². The topological polar surface area (TPSA) is 8.17 Å². The highest BCUT2D eigenvalue weighted by Crippen LogP contribution is 2.38. The monoisotopic (exact) mass is 460 g/mol. The zero-order valence-corrected chi connectivity index (χ0v) is 19.8. The molecule has 0 atom stereocenters. The van der Waals surface area contributed by atoms with E-state index in [1.807, 2.05) is 0 Å². The van der Waals surface area contributed by atoms with Crippen molar-refractivity contribution in [3.05, 3.63) is 146 Å². The van der Waals surface area contributed by atoms with E-state index in [1.165, 1.54) is 32.6 Å². The summed E-state index contributed by atoms with van der Waals surface area (Å²) in [4.78, 5) is 2.29. The maximum Gasteiger partial charge on any atom is 0.0547 e. The number of nitrogens with zero attached hydrogens (tertiary/aromatic N) is 2. The van der Waals surface area contributed by atoms with Crippen molar-refractivity contribution in [1.29, 1.82) is 0 Å². The minimum atomic E-state index is 1.13. The van der Waals surface area contributed by atoms with Gasteiger partial charge in [-0.1, -0.05) is 84.9 Å². The molecule has 0 saturated heterocycles. The van der Waals surface area contributed by atoms with Crippen LogP contribution in [0.4, 0.5) is 17.1 Å². The second-order valence-electron chi connectivity index (χ2n) is 9.06. The first-order chi connectivity index (χ1) is 17.9. The van der Waals surface area contributed by atoms with Crippen LogP contribution < -0.4 is 4.90 Å². The van der Waals surface area contributed by atoms with Gasteiger partial charge in [-0.25, -0.2) is 0 Å². The van der Waals surface area contributed by atoms with Crippen molar-refractivity contribution in [1.82, 2.24) is 4.57 Å². The van der Waals surface area contributed by atoms with E-state index in [2.05, 4.69) is 155 Å². The first-order valence-corrected chi connectivity index (χ1v) is 12.3. The van der Waals surface area contributed by atoms with Gasteiger partial charge in [-0.05, 0) is 71.4 Å². The van der Waals surface area contributed by atoms with E-state index in [0.29, 0.717) is 0 Å². The predicted molar refractivity (Wildman–Crippen MR) is 153 cm³/mol. The van der Waals surface area contributed by atoms with Gasteiger partial charge in [0.2, 0.25) is 0 Å². The second kappa shape index (κ2) is 8.44. The molecule has 2 nitrogen and oxygen atoms in total. The second-order valence-corrected chi connectivity index (χ2v) is 9.06. The Balaban J connectivity index is 1.42. The first-order valence-electron chi connectivity index (χ1n) is 12.3. The summed E-state index contributed by atoms with van der Waals surface area (Å²) in [5.74, 6) is 0. The molecule has 7 rings (SSSR count). The third kappa shape index (κ3) is 3.27. The molecule has 0 bridgehead atoms. The average molecular weight is 461 g/mol. The normalized spacial score (nSPS) is 11.3. The Morgan fingerprint density at radius 1 is 0.389 bits per heavy atom. The van der Waals surface area contributed by atoms with Crippen LogP contribution in [0.25, 0.3) is 38.3 Å². The van der Waals surface area contributed by atoms with Crippen LogP contribution >= 0.6 is 0 Å². The molecule has 7 aromatic rings. The lowest BCUT2D eigenvalue weighted by atomic mass is 10.0. The Hall–Kier alpha value is -4.82. The summed E-state index contributed by atoms with van der Waals surface area (Å²) >= 11 is 0. The van der Waals surface area contributed by atoms with E-state index in [4.69, 9.17) is 0 Å². The Labute approximate surface area is 210 Å². The molecule has 0 aliphatic rings. The fraction of sp³-hybridized carbons (Fsp3) is 0. The SMILES string of the molecule is c1ccc(N(c2ccccc2)c2ccc(-n3c4ccccc4c4c5ccccc5ccc43)cc2)cc1. The van der Waals surface area contributed by atoms with Crippen molar-refractivity contribution < 1.29 is 0 Å². The molecule has 1 heterocycles. The van der Waals surface area contributed by atoms with Crippen LogP contribution in [0.3, 0.4) is 0 Å². The zero-order valence-electron chi connectivity index (χ0n) is 19.8. The van der Waals surface area contributed by atoms with Crippen molar-refractivity contribution in [3.63, 3.8) is 0 Å². The lowest BCUT2D eigenvalue weighted by Crippen LogP contribution is -2.09. The molecule has 0 unspecified atom stereocenters. The number of hydrogen-bond donors (Lipinski definition) is 0. The number of rotatable bonds is 4. The summed E-state index contributed by atoms with van der Waals surface area (Å²) < 4.78 is 2.39. The van der Waals surface area contributed by atoms with Crippen molar-refractivity contribution in [3.8, 4) is 5.69 Å². The van der Waals surface area contributed by atoms with Crippen LogP contribution in [0, 0.1) is 0 Å². The molecule has 0 aliphatic carbocycles. The average Bonchev–Trinajstić information content (AvgIpc) is 3.30. The number of aromatic nitrogens is 1. The molecule has 170 valence electrons. The molecule has 2 heteroatoms. The molecule has 0 amide bonds. The van der Waals surface area contributed by atoms with Gasteiger partial charge in [0.05, 0.1) is 11.0 Å². The molecule has 6 aromatic carbocycles. The minimum Gasteiger partial charge on any atom is -0.311 e. The fourth-order valence-electron chi connectivity index (χ4n) is 5.37. The maximum atomic E-state index is 2.39. The van der Waals surface area contributed by atoms with Gasteiger partial charge < -0.3 is 9.47 Å². The largest absolute Gasteiger partial charge is 0.311 e. The molecule has 0 spiro atoms. The molecule has 0 aliphatic heterocycles. The lowest BCUT2D eigenvalue weighted by molar-refractivity contribution is 1.17. The highest BCUT2D eigenvalue weighted by molar-refractivity contribution is 6.21. The number of hydrogen-bond acceptors (Lipinski definition) is 1. The Morgan fingerprint density at radius 3 is 1.64 bits per heavy atom. The van der Waals surface area contributed by atoms with E-state index in [9.17, 15) is 0 Å². The number of fused-ring (bicyclic) bond motifs is 5. The third-order valence-corrected chi connectivity index (χ3v) is 6.96. The number of para-hydroxylation sites is 3. The highest BCUT2D eigenvalue weighted by Gasteiger charge is 2.16. The van der Waals surface area contributed by atoms with Crippen LogP contribution in [0.1, 0.15) is 0 Å². The summed E-state index contributed by atoms with van der Waals surface area (Å²) in [5, 5.41) is 5.15. The molecule has 0 N–H and O–H groups in total. The third-order valence-electron chi connectivity index (χ3n) is 6.96. The Bertz CT molecular complexity index is 1780. The Kier molecular flexibility index (Phi) is 4.82. The quantitative estimate of drug-likeness (QED) is 0.254. The summed E-state index contributed by atoms with van der Waals surface area (Å²) in [6.45, 7) is 0.